The summed E-state index contributed by atoms with van der Waals surface area (Å²) < 4.78 is 21.8. The molecule has 2 atom stereocenters. The molecule has 0 saturated heterocycles. The van der Waals surface area contributed by atoms with Crippen LogP contribution in [0.5, 0.6) is 0 Å². The number of amides is 6. The number of hydrogen-bond acceptors (Lipinski definition) is 12. The van der Waals surface area contributed by atoms with Crippen LogP contribution >= 0.6 is 31.9 Å². The molecule has 0 spiro atoms. The number of rotatable bonds is 52. The SMILES string of the molecule is O=C(O)CCCCCCCCCCCCCCCCCCC(=O)N[C@@H](CCCCNC(=O)CCOCCOCCNC(=O)CCOCCOCCNC(=O)[C@H](CCCNC(=O)CBr)NC(=O)CBr)C(=O)O. The number of nitrogens with one attached hydrogen (secondary N) is 6. The summed E-state index contributed by atoms with van der Waals surface area (Å²) in [4.78, 5) is 94.6. The minimum absolute atomic E-state index is 0.0608. The van der Waals surface area contributed by atoms with E-state index in [1.165, 1.54) is 57.8 Å². The lowest BCUT2D eigenvalue weighted by molar-refractivity contribution is -0.142. The second kappa shape index (κ2) is 50.1. The Hall–Kier alpha value is -3.44. The van der Waals surface area contributed by atoms with Crippen molar-refractivity contribution >= 4 is 79.2 Å². The van der Waals surface area contributed by atoms with Crippen molar-refractivity contribution in [3.8, 4) is 0 Å². The van der Waals surface area contributed by atoms with Crippen molar-refractivity contribution in [1.29, 1.82) is 0 Å². The van der Waals surface area contributed by atoms with Crippen molar-refractivity contribution in [3.05, 3.63) is 0 Å². The van der Waals surface area contributed by atoms with E-state index in [1.807, 2.05) is 0 Å². The van der Waals surface area contributed by atoms with E-state index in [-0.39, 0.29) is 118 Å². The van der Waals surface area contributed by atoms with Gasteiger partial charge >= 0.3 is 11.9 Å². The third kappa shape index (κ3) is 47.3. The largest absolute Gasteiger partial charge is 0.481 e. The average Bonchev–Trinajstić information content (AvgIpc) is 3.34. The number of unbranched alkanes of at least 4 members (excludes halogenated alkanes) is 16. The topological polar surface area (TPSA) is 286 Å². The van der Waals surface area contributed by atoms with Gasteiger partial charge in [-0.25, -0.2) is 4.79 Å². The van der Waals surface area contributed by atoms with Crippen LogP contribution in [0.3, 0.4) is 0 Å². The summed E-state index contributed by atoms with van der Waals surface area (Å²) in [5, 5.41) is 34.8. The van der Waals surface area contributed by atoms with Gasteiger partial charge in [-0.15, -0.1) is 0 Å². The number of carboxylic acid groups (broad SMARTS) is 2. The zero-order chi connectivity index (χ0) is 52.4. The molecule has 0 aromatic rings. The maximum absolute atomic E-state index is 12.6. The molecule has 0 aliphatic carbocycles. The van der Waals surface area contributed by atoms with Crippen LogP contribution in [0.15, 0.2) is 0 Å². The molecular formula is C49H88Br2N6O14. The van der Waals surface area contributed by atoms with Crippen molar-refractivity contribution < 1.29 is 67.5 Å². The predicted molar refractivity (Wildman–Crippen MR) is 277 cm³/mol. The van der Waals surface area contributed by atoms with E-state index < -0.39 is 24.0 Å². The maximum atomic E-state index is 12.6. The molecule has 0 fully saturated rings. The Bertz CT molecular complexity index is 1440. The van der Waals surface area contributed by atoms with E-state index in [0.717, 1.165) is 44.9 Å². The van der Waals surface area contributed by atoms with Crippen LogP contribution < -0.4 is 31.9 Å². The number of aliphatic carboxylic acids is 2. The molecule has 0 heterocycles. The summed E-state index contributed by atoms with van der Waals surface area (Å²) in [5.41, 5.74) is 0. The molecule has 0 bridgehead atoms. The fourth-order valence-electron chi connectivity index (χ4n) is 7.13. The normalized spacial score (nSPS) is 11.9. The van der Waals surface area contributed by atoms with E-state index in [0.29, 0.717) is 65.0 Å². The first-order valence-electron chi connectivity index (χ1n) is 25.9. The zero-order valence-electron chi connectivity index (χ0n) is 42.3. The molecule has 0 rings (SSSR count). The van der Waals surface area contributed by atoms with Crippen molar-refractivity contribution in [1.82, 2.24) is 31.9 Å². The lowest BCUT2D eigenvalue weighted by atomic mass is 10.0. The Morgan fingerprint density at radius 1 is 0.352 bits per heavy atom. The predicted octanol–water partition coefficient (Wildman–Crippen LogP) is 5.20. The van der Waals surface area contributed by atoms with Crippen molar-refractivity contribution in [2.75, 3.05) is 89.7 Å². The fourth-order valence-corrected chi connectivity index (χ4v) is 7.49. The number of carbonyl (C=O) groups is 8. The molecule has 0 aliphatic heterocycles. The first kappa shape index (κ1) is 67.6. The van der Waals surface area contributed by atoms with Gasteiger partial charge in [0.15, 0.2) is 0 Å². The maximum Gasteiger partial charge on any atom is 0.326 e. The zero-order valence-corrected chi connectivity index (χ0v) is 45.5. The number of hydrogen-bond donors (Lipinski definition) is 8. The molecule has 0 aromatic heterocycles. The lowest BCUT2D eigenvalue weighted by Gasteiger charge is -2.18. The van der Waals surface area contributed by atoms with Crippen LogP contribution in [0.2, 0.25) is 0 Å². The highest BCUT2D eigenvalue weighted by Gasteiger charge is 2.21. The quantitative estimate of drug-likeness (QED) is 0.0287. The van der Waals surface area contributed by atoms with Crippen LogP contribution in [-0.2, 0) is 57.3 Å². The van der Waals surface area contributed by atoms with Gasteiger partial charge in [0.25, 0.3) is 0 Å². The van der Waals surface area contributed by atoms with Crippen LogP contribution in [0.4, 0.5) is 0 Å². The van der Waals surface area contributed by atoms with Crippen molar-refractivity contribution in [3.63, 3.8) is 0 Å². The molecule has 0 aliphatic rings. The van der Waals surface area contributed by atoms with Gasteiger partial charge < -0.3 is 61.1 Å². The molecule has 8 N–H and O–H groups in total. The second-order valence-electron chi connectivity index (χ2n) is 17.3. The Morgan fingerprint density at radius 3 is 1.23 bits per heavy atom. The van der Waals surface area contributed by atoms with Crippen molar-refractivity contribution in [2.45, 2.75) is 173 Å². The number of carbonyl (C=O) groups excluding carboxylic acids is 6. The molecule has 22 heteroatoms. The van der Waals surface area contributed by atoms with Gasteiger partial charge in [-0.3, -0.25) is 33.6 Å². The van der Waals surface area contributed by atoms with E-state index >= 15 is 0 Å². The summed E-state index contributed by atoms with van der Waals surface area (Å²) >= 11 is 6.14. The molecule has 71 heavy (non-hydrogen) atoms. The highest BCUT2D eigenvalue weighted by atomic mass is 79.9. The van der Waals surface area contributed by atoms with E-state index in [2.05, 4.69) is 63.8 Å². The summed E-state index contributed by atoms with van der Waals surface area (Å²) in [6, 6.07) is -1.69. The summed E-state index contributed by atoms with van der Waals surface area (Å²) in [6.07, 6.45) is 21.3. The minimum Gasteiger partial charge on any atom is -0.481 e. The van der Waals surface area contributed by atoms with Gasteiger partial charge in [0.2, 0.25) is 35.4 Å². The van der Waals surface area contributed by atoms with Crippen molar-refractivity contribution in [2.24, 2.45) is 0 Å². The third-order valence-electron chi connectivity index (χ3n) is 11.1. The highest BCUT2D eigenvalue weighted by Crippen LogP contribution is 2.15. The Balaban J connectivity index is 3.70. The Labute approximate surface area is 439 Å². The van der Waals surface area contributed by atoms with Gasteiger partial charge in [0.1, 0.15) is 12.1 Å². The monoisotopic (exact) mass is 1140 g/mol. The minimum atomic E-state index is -1.06. The van der Waals surface area contributed by atoms with Gasteiger partial charge in [0.05, 0.1) is 63.5 Å². The summed E-state index contributed by atoms with van der Waals surface area (Å²) in [6.45, 7) is 3.37. The van der Waals surface area contributed by atoms with Crippen LogP contribution in [0.1, 0.15) is 161 Å². The summed E-state index contributed by atoms with van der Waals surface area (Å²) in [5.74, 6) is -3.21. The van der Waals surface area contributed by atoms with Gasteiger partial charge in [0, 0.05) is 51.9 Å². The van der Waals surface area contributed by atoms with Crippen LogP contribution in [0.25, 0.3) is 0 Å². The molecule has 6 amide bonds. The molecule has 20 nitrogen and oxygen atoms in total. The van der Waals surface area contributed by atoms with E-state index in [1.54, 1.807) is 0 Å². The fraction of sp³-hybridized carbons (Fsp3) is 0.837. The molecule has 412 valence electrons. The second-order valence-corrected chi connectivity index (χ2v) is 18.4. The standard InChI is InChI=1S/C49H88Br2N6O14/c50-38-45(61)53-27-19-21-40(56-46(62)39-51)48(65)55-29-33-71-37-35-69-31-25-43(59)54-28-32-70-36-34-68-30-24-42(58)52-26-18-17-20-41(49(66)67)57-44(60)22-15-13-11-9-7-5-3-1-2-4-6-8-10-12-14-16-23-47(63)64/h40-41H,1-39H2,(H,52,58)(H,53,61)(H,54,59)(H,55,65)(H,56,62)(H,57,60)(H,63,64)(H,66,67)/t40-,41-/m0/s1. The average molecular weight is 1150 g/mol. The molecule has 0 unspecified atom stereocenters. The molecule has 0 saturated carbocycles. The molecule has 0 aromatic carbocycles. The van der Waals surface area contributed by atoms with Gasteiger partial charge in [-0.1, -0.05) is 122 Å². The molecular weight excluding hydrogens is 1060 g/mol. The number of alkyl halides is 2. The van der Waals surface area contributed by atoms with Gasteiger partial charge in [-0.05, 0) is 44.9 Å². The third-order valence-corrected chi connectivity index (χ3v) is 12.1. The summed E-state index contributed by atoms with van der Waals surface area (Å²) in [7, 11) is 0. The van der Waals surface area contributed by atoms with E-state index in [9.17, 15) is 43.5 Å². The first-order valence-corrected chi connectivity index (χ1v) is 28.2. The Morgan fingerprint density at radius 2 is 0.746 bits per heavy atom. The number of halogens is 2. The smallest absolute Gasteiger partial charge is 0.326 e. The Kier molecular flexibility index (Phi) is 47.7. The highest BCUT2D eigenvalue weighted by molar-refractivity contribution is 9.09. The van der Waals surface area contributed by atoms with Crippen LogP contribution in [-0.4, -0.2) is 159 Å². The number of ether oxygens (including phenoxy) is 4. The lowest BCUT2D eigenvalue weighted by Crippen LogP contribution is -2.48. The van der Waals surface area contributed by atoms with E-state index in [4.69, 9.17) is 24.1 Å². The first-order chi connectivity index (χ1) is 34.4. The number of carboxylic acids is 2. The molecule has 0 radical (unpaired) electrons. The van der Waals surface area contributed by atoms with Gasteiger partial charge in [-0.2, -0.15) is 0 Å². The van der Waals surface area contributed by atoms with Crippen LogP contribution in [0, 0.1) is 0 Å².